The molecule has 0 aromatic heterocycles. The van der Waals surface area contributed by atoms with Crippen LogP contribution >= 0.6 is 0 Å². The zero-order valence-corrected chi connectivity index (χ0v) is 13.7. The number of benzene rings is 1. The molecule has 0 N–H and O–H groups in total. The maximum Gasteiger partial charge on any atom is 0.246 e. The Morgan fingerprint density at radius 3 is 2.65 bits per heavy atom. The molecule has 2 aliphatic heterocycles. The zero-order chi connectivity index (χ0) is 16.2. The van der Waals surface area contributed by atoms with Crippen LogP contribution in [0.15, 0.2) is 55.6 Å². The normalized spacial score (nSPS) is 27.5. The van der Waals surface area contributed by atoms with Gasteiger partial charge in [0.25, 0.3) is 0 Å². The van der Waals surface area contributed by atoms with Gasteiger partial charge in [-0.1, -0.05) is 43.0 Å². The predicted molar refractivity (Wildman–Crippen MR) is 93.8 cm³/mol. The molecular formula is C20H26N2O. The van der Waals surface area contributed by atoms with E-state index in [0.29, 0.717) is 11.8 Å². The van der Waals surface area contributed by atoms with E-state index in [9.17, 15) is 4.79 Å². The van der Waals surface area contributed by atoms with Crippen molar-refractivity contribution in [2.45, 2.75) is 25.4 Å². The first-order chi connectivity index (χ1) is 11.2. The number of hydrogen-bond donors (Lipinski definition) is 0. The van der Waals surface area contributed by atoms with Gasteiger partial charge in [0.2, 0.25) is 5.91 Å². The van der Waals surface area contributed by atoms with Gasteiger partial charge in [-0.15, -0.1) is 6.58 Å². The minimum Gasteiger partial charge on any atom is -0.335 e. The van der Waals surface area contributed by atoms with Crippen molar-refractivity contribution in [2.75, 3.05) is 19.6 Å². The third-order valence-electron chi connectivity index (χ3n) is 5.16. The molecule has 3 atom stereocenters. The molecule has 2 heterocycles. The molecule has 1 aromatic rings. The third kappa shape index (κ3) is 3.56. The van der Waals surface area contributed by atoms with Crippen molar-refractivity contribution in [1.29, 1.82) is 0 Å². The van der Waals surface area contributed by atoms with Gasteiger partial charge >= 0.3 is 0 Å². The molecule has 23 heavy (non-hydrogen) atoms. The van der Waals surface area contributed by atoms with Crippen molar-refractivity contribution >= 4 is 5.91 Å². The van der Waals surface area contributed by atoms with E-state index in [-0.39, 0.29) is 11.9 Å². The number of likely N-dealkylation sites (tertiary alicyclic amines) is 2. The molecule has 0 spiro atoms. The van der Waals surface area contributed by atoms with Crippen molar-refractivity contribution in [2.24, 2.45) is 11.8 Å². The van der Waals surface area contributed by atoms with Gasteiger partial charge in [0.05, 0.1) is 0 Å². The van der Waals surface area contributed by atoms with Gasteiger partial charge in [-0.05, 0) is 36.3 Å². The fourth-order valence-electron chi connectivity index (χ4n) is 4.26. The molecule has 1 aromatic carbocycles. The molecular weight excluding hydrogens is 284 g/mol. The average Bonchev–Trinajstić information content (AvgIpc) is 2.57. The summed E-state index contributed by atoms with van der Waals surface area (Å²) in [5, 5.41) is 0. The Labute approximate surface area is 139 Å². The highest BCUT2D eigenvalue weighted by atomic mass is 16.2. The summed E-state index contributed by atoms with van der Waals surface area (Å²) in [5.74, 6) is 1.18. The molecule has 0 aliphatic carbocycles. The lowest BCUT2D eigenvalue weighted by Gasteiger charge is -2.50. The molecule has 0 unspecified atom stereocenters. The van der Waals surface area contributed by atoms with Crippen molar-refractivity contribution in [3.63, 3.8) is 0 Å². The number of fused-ring (bicyclic) bond motifs is 2. The van der Waals surface area contributed by atoms with Crippen molar-refractivity contribution in [1.82, 2.24) is 9.80 Å². The Morgan fingerprint density at radius 1 is 1.17 bits per heavy atom. The van der Waals surface area contributed by atoms with Gasteiger partial charge in [-0.3, -0.25) is 9.69 Å². The first kappa shape index (κ1) is 16.0. The summed E-state index contributed by atoms with van der Waals surface area (Å²) < 4.78 is 0. The van der Waals surface area contributed by atoms with Gasteiger partial charge in [-0.2, -0.15) is 0 Å². The Kier molecular flexibility index (Phi) is 4.97. The average molecular weight is 310 g/mol. The minimum atomic E-state index is 0.0723. The monoisotopic (exact) mass is 310 g/mol. The summed E-state index contributed by atoms with van der Waals surface area (Å²) in [6.45, 7) is 11.6. The van der Waals surface area contributed by atoms with Gasteiger partial charge in [0.15, 0.2) is 0 Å². The SMILES string of the molecule is C=CC[C@H]1[C@@H]2C[C@@H](CN(Cc3ccccc3)C2)CN1C(=O)C=C. The molecule has 2 bridgehead atoms. The molecule has 3 rings (SSSR count). The molecule has 2 fully saturated rings. The van der Waals surface area contributed by atoms with Crippen LogP contribution in [0.5, 0.6) is 0 Å². The van der Waals surface area contributed by atoms with E-state index < -0.39 is 0 Å². The number of amides is 1. The first-order valence-corrected chi connectivity index (χ1v) is 8.51. The maximum absolute atomic E-state index is 12.2. The standard InChI is InChI=1S/C20H26N2O/c1-3-8-19-18-11-17(14-22(19)20(23)4-2)13-21(15-18)12-16-9-6-5-7-10-16/h3-7,9-10,17-19H,1-2,8,11-15H2/t17-,18+,19-/m0/s1. The number of piperidine rings is 2. The Balaban J connectivity index is 1.72. The lowest BCUT2D eigenvalue weighted by molar-refractivity contribution is -0.135. The van der Waals surface area contributed by atoms with Crippen LogP contribution < -0.4 is 0 Å². The number of carbonyl (C=O) groups is 1. The number of nitrogens with zero attached hydrogens (tertiary/aromatic N) is 2. The molecule has 3 heteroatoms. The minimum absolute atomic E-state index is 0.0723. The van der Waals surface area contributed by atoms with Gasteiger partial charge in [-0.25, -0.2) is 0 Å². The molecule has 2 aliphatic rings. The van der Waals surface area contributed by atoms with E-state index in [1.807, 2.05) is 11.0 Å². The summed E-state index contributed by atoms with van der Waals surface area (Å²) in [6, 6.07) is 10.9. The highest BCUT2D eigenvalue weighted by Gasteiger charge is 2.41. The summed E-state index contributed by atoms with van der Waals surface area (Å²) in [4.78, 5) is 16.8. The number of carbonyl (C=O) groups excluding carboxylic acids is 1. The molecule has 3 nitrogen and oxygen atoms in total. The van der Waals surface area contributed by atoms with Crippen molar-refractivity contribution in [3.8, 4) is 0 Å². The highest BCUT2D eigenvalue weighted by molar-refractivity contribution is 5.87. The maximum atomic E-state index is 12.2. The van der Waals surface area contributed by atoms with Crippen LogP contribution in [0.4, 0.5) is 0 Å². The molecule has 0 saturated carbocycles. The first-order valence-electron chi connectivity index (χ1n) is 8.51. The summed E-state index contributed by atoms with van der Waals surface area (Å²) >= 11 is 0. The van der Waals surface area contributed by atoms with E-state index in [0.717, 1.165) is 32.6 Å². The lowest BCUT2D eigenvalue weighted by atomic mass is 9.78. The second-order valence-electron chi connectivity index (χ2n) is 6.83. The van der Waals surface area contributed by atoms with Crippen LogP contribution in [0.2, 0.25) is 0 Å². The lowest BCUT2D eigenvalue weighted by Crippen LogP contribution is -2.58. The van der Waals surface area contributed by atoms with Crippen LogP contribution in [0.25, 0.3) is 0 Å². The second kappa shape index (κ2) is 7.14. The third-order valence-corrected chi connectivity index (χ3v) is 5.16. The van der Waals surface area contributed by atoms with Crippen LogP contribution in [0.1, 0.15) is 18.4 Å². The van der Waals surface area contributed by atoms with E-state index in [2.05, 4.69) is 48.4 Å². The molecule has 122 valence electrons. The van der Waals surface area contributed by atoms with Gasteiger partial charge < -0.3 is 4.90 Å². The van der Waals surface area contributed by atoms with Crippen molar-refractivity contribution in [3.05, 3.63) is 61.2 Å². The Hall–Kier alpha value is -1.87. The van der Waals surface area contributed by atoms with E-state index in [4.69, 9.17) is 0 Å². The number of hydrogen-bond acceptors (Lipinski definition) is 2. The second-order valence-corrected chi connectivity index (χ2v) is 6.83. The highest BCUT2D eigenvalue weighted by Crippen LogP contribution is 2.35. The zero-order valence-electron chi connectivity index (χ0n) is 13.7. The van der Waals surface area contributed by atoms with Crippen LogP contribution in [0.3, 0.4) is 0 Å². The summed E-state index contributed by atoms with van der Waals surface area (Å²) in [5.41, 5.74) is 1.37. The van der Waals surface area contributed by atoms with E-state index in [1.165, 1.54) is 18.1 Å². The Bertz CT molecular complexity index is 568. The van der Waals surface area contributed by atoms with E-state index in [1.54, 1.807) is 0 Å². The van der Waals surface area contributed by atoms with E-state index >= 15 is 0 Å². The molecule has 2 saturated heterocycles. The molecule has 0 radical (unpaired) electrons. The fourth-order valence-corrected chi connectivity index (χ4v) is 4.26. The topological polar surface area (TPSA) is 23.6 Å². The van der Waals surface area contributed by atoms with Crippen LogP contribution in [-0.4, -0.2) is 41.4 Å². The van der Waals surface area contributed by atoms with Gasteiger partial charge in [0.1, 0.15) is 0 Å². The Morgan fingerprint density at radius 2 is 1.96 bits per heavy atom. The predicted octanol–water partition coefficient (Wildman–Crippen LogP) is 3.10. The van der Waals surface area contributed by atoms with Crippen molar-refractivity contribution < 1.29 is 4.79 Å². The number of rotatable bonds is 5. The largest absolute Gasteiger partial charge is 0.335 e. The summed E-state index contributed by atoms with van der Waals surface area (Å²) in [7, 11) is 0. The van der Waals surface area contributed by atoms with Crippen LogP contribution in [0, 0.1) is 11.8 Å². The fraction of sp³-hybridized carbons (Fsp3) is 0.450. The van der Waals surface area contributed by atoms with Crippen LogP contribution in [-0.2, 0) is 11.3 Å². The molecule has 1 amide bonds. The quantitative estimate of drug-likeness (QED) is 0.616. The summed E-state index contributed by atoms with van der Waals surface area (Å²) in [6.07, 6.45) is 5.50. The van der Waals surface area contributed by atoms with Gasteiger partial charge in [0, 0.05) is 32.2 Å². The smallest absolute Gasteiger partial charge is 0.246 e.